The van der Waals surface area contributed by atoms with Crippen molar-refractivity contribution in [3.8, 4) is 0 Å². The number of hydrogen-bond donors (Lipinski definition) is 1. The predicted molar refractivity (Wildman–Crippen MR) is 82.4 cm³/mol. The smallest absolute Gasteiger partial charge is 0.349 e. The van der Waals surface area contributed by atoms with Crippen LogP contribution in [0.3, 0.4) is 0 Å². The van der Waals surface area contributed by atoms with Crippen LogP contribution in [0.1, 0.15) is 29.4 Å². The number of carbonyl (C=O) groups is 1. The van der Waals surface area contributed by atoms with Crippen LogP contribution >= 0.6 is 22.9 Å². The van der Waals surface area contributed by atoms with E-state index in [2.05, 4.69) is 11.9 Å². The molecule has 0 bridgehead atoms. The van der Waals surface area contributed by atoms with E-state index in [4.69, 9.17) is 16.7 Å². The molecule has 6 heteroatoms. The first-order valence-corrected chi connectivity index (χ1v) is 7.55. The molecule has 0 radical (unpaired) electrons. The Labute approximate surface area is 126 Å². The summed E-state index contributed by atoms with van der Waals surface area (Å²) in [7, 11) is 0. The third-order valence-electron chi connectivity index (χ3n) is 2.80. The highest BCUT2D eigenvalue weighted by atomic mass is 35.5. The maximum absolute atomic E-state index is 11.1. The molecule has 1 aromatic carbocycles. The maximum Gasteiger partial charge on any atom is 0.349 e. The van der Waals surface area contributed by atoms with Crippen LogP contribution in [0, 0.1) is 0 Å². The predicted octanol–water partition coefficient (Wildman–Crippen LogP) is 4.43. The molecule has 1 N–H and O–H groups in total. The molecule has 0 aliphatic rings. The molecule has 106 valence electrons. The summed E-state index contributed by atoms with van der Waals surface area (Å²) >= 11 is 7.00. The first-order valence-electron chi connectivity index (χ1n) is 6.35. The average molecular weight is 311 g/mol. The number of nitrogens with zero attached hydrogens (tertiary/aromatic N) is 2. The van der Waals surface area contributed by atoms with Crippen LogP contribution in [-0.2, 0) is 0 Å². The Morgan fingerprint density at radius 1 is 1.40 bits per heavy atom. The molecule has 2 aromatic rings. The van der Waals surface area contributed by atoms with E-state index in [0.29, 0.717) is 5.13 Å². The molecule has 0 unspecified atom stereocenters. The van der Waals surface area contributed by atoms with Gasteiger partial charge in [0.2, 0.25) is 0 Å². The molecule has 0 spiro atoms. The van der Waals surface area contributed by atoms with Gasteiger partial charge in [-0.25, -0.2) is 9.78 Å². The van der Waals surface area contributed by atoms with Gasteiger partial charge in [-0.15, -0.1) is 0 Å². The van der Waals surface area contributed by atoms with Gasteiger partial charge in [0.1, 0.15) is 0 Å². The van der Waals surface area contributed by atoms with Gasteiger partial charge in [0.15, 0.2) is 15.2 Å². The molecule has 2 rings (SSSR count). The minimum atomic E-state index is -1.04. The largest absolute Gasteiger partial charge is 0.477 e. The molecule has 0 saturated heterocycles. The zero-order valence-electron chi connectivity index (χ0n) is 11.0. The van der Waals surface area contributed by atoms with Gasteiger partial charge in [0, 0.05) is 12.2 Å². The van der Waals surface area contributed by atoms with Gasteiger partial charge in [-0.2, -0.15) is 0 Å². The van der Waals surface area contributed by atoms with E-state index in [1.807, 2.05) is 35.2 Å². The lowest BCUT2D eigenvalue weighted by Gasteiger charge is -2.21. The number of benzene rings is 1. The Morgan fingerprint density at radius 2 is 2.10 bits per heavy atom. The summed E-state index contributed by atoms with van der Waals surface area (Å²) in [4.78, 5) is 17.4. The minimum absolute atomic E-state index is 0.0509. The first-order chi connectivity index (χ1) is 9.63. The fourth-order valence-corrected chi connectivity index (χ4v) is 2.97. The third kappa shape index (κ3) is 3.29. The Kier molecular flexibility index (Phi) is 4.98. The van der Waals surface area contributed by atoms with Crippen LogP contribution in [0.25, 0.3) is 0 Å². The molecular weight excluding hydrogens is 296 g/mol. The summed E-state index contributed by atoms with van der Waals surface area (Å²) < 4.78 is 0. The Bertz CT molecular complexity index is 586. The van der Waals surface area contributed by atoms with Crippen molar-refractivity contribution in [3.05, 3.63) is 40.4 Å². The number of hydrogen-bond acceptors (Lipinski definition) is 4. The van der Waals surface area contributed by atoms with Crippen LogP contribution in [0.15, 0.2) is 30.3 Å². The molecule has 0 aliphatic heterocycles. The third-order valence-corrected chi connectivity index (χ3v) is 4.25. The van der Waals surface area contributed by atoms with Crippen LogP contribution in [0.2, 0.25) is 5.15 Å². The molecule has 0 aliphatic carbocycles. The molecule has 0 amide bonds. The second-order valence-electron chi connectivity index (χ2n) is 4.26. The van der Waals surface area contributed by atoms with Crippen molar-refractivity contribution in [2.45, 2.75) is 19.8 Å². The fourth-order valence-electron chi connectivity index (χ4n) is 1.80. The number of thiazole rings is 1. The topological polar surface area (TPSA) is 53.4 Å². The van der Waals surface area contributed by atoms with E-state index in [0.717, 1.165) is 36.4 Å². The van der Waals surface area contributed by atoms with E-state index >= 15 is 0 Å². The van der Waals surface area contributed by atoms with Crippen LogP contribution in [0.4, 0.5) is 10.8 Å². The summed E-state index contributed by atoms with van der Waals surface area (Å²) in [6.07, 6.45) is 2.04. The number of aromatic nitrogens is 1. The highest BCUT2D eigenvalue weighted by Crippen LogP contribution is 2.34. The average Bonchev–Trinajstić information content (AvgIpc) is 2.82. The normalized spacial score (nSPS) is 10.5. The first kappa shape index (κ1) is 14.8. The number of anilines is 2. The number of halogens is 1. The molecule has 0 saturated carbocycles. The summed E-state index contributed by atoms with van der Waals surface area (Å²) in [6, 6.07) is 9.79. The number of aromatic carboxylic acids is 1. The van der Waals surface area contributed by atoms with Gasteiger partial charge in [-0.05, 0) is 18.6 Å². The highest BCUT2D eigenvalue weighted by molar-refractivity contribution is 7.18. The molecule has 1 aromatic heterocycles. The molecule has 0 fully saturated rings. The highest BCUT2D eigenvalue weighted by Gasteiger charge is 2.20. The number of para-hydroxylation sites is 1. The van der Waals surface area contributed by atoms with E-state index < -0.39 is 5.97 Å². The second kappa shape index (κ2) is 6.72. The summed E-state index contributed by atoms with van der Waals surface area (Å²) in [5.41, 5.74) is 0.989. The van der Waals surface area contributed by atoms with Gasteiger partial charge in [0.25, 0.3) is 0 Å². The molecule has 20 heavy (non-hydrogen) atoms. The van der Waals surface area contributed by atoms with E-state index in [9.17, 15) is 4.79 Å². The minimum Gasteiger partial charge on any atom is -0.477 e. The number of unbranched alkanes of at least 4 members (excludes halogenated alkanes) is 1. The lowest BCUT2D eigenvalue weighted by atomic mass is 10.2. The SMILES string of the molecule is CCCCN(c1ccccc1)c1nc(Cl)c(C(=O)O)s1. The molecule has 1 heterocycles. The van der Waals surface area contributed by atoms with Crippen molar-refractivity contribution in [1.29, 1.82) is 0 Å². The van der Waals surface area contributed by atoms with E-state index in [-0.39, 0.29) is 10.0 Å². The zero-order chi connectivity index (χ0) is 14.5. The lowest BCUT2D eigenvalue weighted by Crippen LogP contribution is -2.17. The molecular formula is C14H15ClN2O2S. The monoisotopic (exact) mass is 310 g/mol. The molecule has 0 atom stereocenters. The van der Waals surface area contributed by atoms with Crippen molar-refractivity contribution >= 4 is 39.7 Å². The summed E-state index contributed by atoms with van der Waals surface area (Å²) in [5.74, 6) is -1.04. The molecule has 4 nitrogen and oxygen atoms in total. The van der Waals surface area contributed by atoms with Crippen molar-refractivity contribution in [1.82, 2.24) is 4.98 Å². The van der Waals surface area contributed by atoms with Gasteiger partial charge < -0.3 is 10.0 Å². The van der Waals surface area contributed by atoms with Gasteiger partial charge in [0.05, 0.1) is 0 Å². The standard InChI is InChI=1S/C14H15ClN2O2S/c1-2-3-9-17(10-7-5-4-6-8-10)14-16-12(15)11(20-14)13(18)19/h4-8H,2-3,9H2,1H3,(H,18,19). The maximum atomic E-state index is 11.1. The van der Waals surface area contributed by atoms with Gasteiger partial charge in [-0.1, -0.05) is 54.5 Å². The number of carboxylic acids is 1. The van der Waals surface area contributed by atoms with Gasteiger partial charge >= 0.3 is 5.97 Å². The zero-order valence-corrected chi connectivity index (χ0v) is 12.6. The van der Waals surface area contributed by atoms with Crippen LogP contribution < -0.4 is 4.90 Å². The Balaban J connectivity index is 2.36. The van der Waals surface area contributed by atoms with Crippen molar-refractivity contribution in [3.63, 3.8) is 0 Å². The van der Waals surface area contributed by atoms with Crippen molar-refractivity contribution in [2.75, 3.05) is 11.4 Å². The van der Waals surface area contributed by atoms with Crippen LogP contribution in [-0.4, -0.2) is 22.6 Å². The van der Waals surface area contributed by atoms with Gasteiger partial charge in [-0.3, -0.25) is 0 Å². The number of carboxylic acid groups (broad SMARTS) is 1. The van der Waals surface area contributed by atoms with Crippen molar-refractivity contribution in [2.24, 2.45) is 0 Å². The lowest BCUT2D eigenvalue weighted by molar-refractivity contribution is 0.0702. The Hall–Kier alpha value is -1.59. The van der Waals surface area contributed by atoms with E-state index in [1.54, 1.807) is 0 Å². The number of rotatable bonds is 6. The Morgan fingerprint density at radius 3 is 2.65 bits per heavy atom. The quantitative estimate of drug-likeness (QED) is 0.857. The summed E-state index contributed by atoms with van der Waals surface area (Å²) in [5, 5.41) is 9.74. The van der Waals surface area contributed by atoms with Crippen LogP contribution in [0.5, 0.6) is 0 Å². The summed E-state index contributed by atoms with van der Waals surface area (Å²) in [6.45, 7) is 2.89. The van der Waals surface area contributed by atoms with Crippen molar-refractivity contribution < 1.29 is 9.90 Å². The fraction of sp³-hybridized carbons (Fsp3) is 0.286. The second-order valence-corrected chi connectivity index (χ2v) is 5.60. The van der Waals surface area contributed by atoms with E-state index in [1.165, 1.54) is 0 Å².